The van der Waals surface area contributed by atoms with E-state index in [9.17, 15) is 4.79 Å². The predicted octanol–water partition coefficient (Wildman–Crippen LogP) is 1.90. The first-order valence-electron chi connectivity index (χ1n) is 8.67. The highest BCUT2D eigenvalue weighted by Gasteiger charge is 2.20. The number of hydrogen-bond donors (Lipinski definition) is 2. The van der Waals surface area contributed by atoms with E-state index in [2.05, 4.69) is 39.8 Å². The molecule has 1 aliphatic heterocycles. The average molecular weight is 339 g/mol. The summed E-state index contributed by atoms with van der Waals surface area (Å²) in [7, 11) is 1.58. The van der Waals surface area contributed by atoms with Crippen molar-refractivity contribution in [3.63, 3.8) is 0 Å². The van der Waals surface area contributed by atoms with Crippen LogP contribution in [0.2, 0.25) is 0 Å². The summed E-state index contributed by atoms with van der Waals surface area (Å²) in [5.41, 5.74) is 1.89. The monoisotopic (exact) mass is 339 g/mol. The molecule has 1 saturated heterocycles. The highest BCUT2D eigenvalue weighted by molar-refractivity contribution is 5.96. The van der Waals surface area contributed by atoms with E-state index in [-0.39, 0.29) is 11.9 Å². The van der Waals surface area contributed by atoms with E-state index < -0.39 is 0 Å². The van der Waals surface area contributed by atoms with Gasteiger partial charge in [0.05, 0.1) is 12.7 Å². The number of nitrogens with one attached hydrogen (secondary N) is 2. The Labute approximate surface area is 149 Å². The maximum atomic E-state index is 12.4. The van der Waals surface area contributed by atoms with Crippen molar-refractivity contribution in [1.82, 2.24) is 15.5 Å². The van der Waals surface area contributed by atoms with Gasteiger partial charge in [0, 0.05) is 38.8 Å². The van der Waals surface area contributed by atoms with E-state index in [4.69, 9.17) is 4.74 Å². The summed E-state index contributed by atoms with van der Waals surface area (Å²) in [6.07, 6.45) is 0. The Balaban J connectivity index is 1.52. The molecule has 132 valence electrons. The van der Waals surface area contributed by atoms with Gasteiger partial charge in [0.25, 0.3) is 5.91 Å². The number of para-hydroxylation sites is 1. The fourth-order valence-corrected chi connectivity index (χ4v) is 3.16. The van der Waals surface area contributed by atoms with Gasteiger partial charge in [0.1, 0.15) is 5.75 Å². The number of benzene rings is 2. The Bertz CT molecular complexity index is 690. The maximum Gasteiger partial charge on any atom is 0.255 e. The minimum Gasteiger partial charge on any atom is -0.496 e. The van der Waals surface area contributed by atoms with Crippen molar-refractivity contribution in [2.24, 2.45) is 0 Å². The van der Waals surface area contributed by atoms with Crippen LogP contribution in [0.4, 0.5) is 0 Å². The number of rotatable bonds is 6. The quantitative estimate of drug-likeness (QED) is 0.844. The number of hydrogen-bond acceptors (Lipinski definition) is 4. The minimum atomic E-state index is -0.0977. The lowest BCUT2D eigenvalue weighted by atomic mass is 10.1. The third-order valence-corrected chi connectivity index (χ3v) is 4.45. The Morgan fingerprint density at radius 2 is 1.96 bits per heavy atom. The molecule has 3 rings (SSSR count). The number of piperazine rings is 1. The SMILES string of the molecule is COc1ccccc1C(=O)NC[C@@H]1CN(Cc2ccccc2)CCN1. The lowest BCUT2D eigenvalue weighted by Crippen LogP contribution is -2.54. The topological polar surface area (TPSA) is 53.6 Å². The van der Waals surface area contributed by atoms with Crippen molar-refractivity contribution < 1.29 is 9.53 Å². The Kier molecular flexibility index (Phi) is 6.04. The molecular formula is C20H25N3O2. The van der Waals surface area contributed by atoms with Gasteiger partial charge in [-0.25, -0.2) is 0 Å². The normalized spacial score (nSPS) is 17.9. The molecule has 0 aliphatic carbocycles. The van der Waals surface area contributed by atoms with Gasteiger partial charge in [-0.2, -0.15) is 0 Å². The van der Waals surface area contributed by atoms with E-state index in [1.54, 1.807) is 19.2 Å². The van der Waals surface area contributed by atoms with Crippen molar-refractivity contribution in [3.05, 3.63) is 65.7 Å². The molecule has 1 fully saturated rings. The van der Waals surface area contributed by atoms with Crippen molar-refractivity contribution >= 4 is 5.91 Å². The van der Waals surface area contributed by atoms with Crippen molar-refractivity contribution in [2.75, 3.05) is 33.3 Å². The number of carbonyl (C=O) groups excluding carboxylic acids is 1. The van der Waals surface area contributed by atoms with Gasteiger partial charge >= 0.3 is 0 Å². The first kappa shape index (κ1) is 17.5. The molecule has 1 amide bonds. The van der Waals surface area contributed by atoms with Crippen LogP contribution in [0.5, 0.6) is 5.75 Å². The van der Waals surface area contributed by atoms with E-state index in [0.717, 1.165) is 26.2 Å². The lowest BCUT2D eigenvalue weighted by Gasteiger charge is -2.33. The van der Waals surface area contributed by atoms with Crippen LogP contribution in [0.3, 0.4) is 0 Å². The number of nitrogens with zero attached hydrogens (tertiary/aromatic N) is 1. The standard InChI is InChI=1S/C20H25N3O2/c1-25-19-10-6-5-9-18(19)20(24)22-13-17-15-23(12-11-21-17)14-16-7-3-2-4-8-16/h2-10,17,21H,11-15H2,1H3,(H,22,24)/t17-/m1/s1. The van der Waals surface area contributed by atoms with Crippen LogP contribution < -0.4 is 15.4 Å². The molecule has 2 N–H and O–H groups in total. The predicted molar refractivity (Wildman–Crippen MR) is 98.8 cm³/mol. The second-order valence-electron chi connectivity index (χ2n) is 6.28. The molecule has 1 atom stereocenters. The second kappa shape index (κ2) is 8.65. The third kappa shape index (κ3) is 4.81. The number of carbonyl (C=O) groups is 1. The highest BCUT2D eigenvalue weighted by atomic mass is 16.5. The van der Waals surface area contributed by atoms with Gasteiger partial charge in [0.15, 0.2) is 0 Å². The number of amides is 1. The molecule has 0 spiro atoms. The zero-order valence-corrected chi connectivity index (χ0v) is 14.6. The van der Waals surface area contributed by atoms with Gasteiger partial charge < -0.3 is 15.4 Å². The van der Waals surface area contributed by atoms with Crippen LogP contribution in [0.15, 0.2) is 54.6 Å². The molecule has 1 aliphatic rings. The molecule has 2 aromatic carbocycles. The van der Waals surface area contributed by atoms with Gasteiger partial charge in [-0.1, -0.05) is 42.5 Å². The smallest absolute Gasteiger partial charge is 0.255 e. The number of ether oxygens (including phenoxy) is 1. The largest absolute Gasteiger partial charge is 0.496 e. The van der Waals surface area contributed by atoms with Gasteiger partial charge in [-0.05, 0) is 17.7 Å². The molecule has 0 saturated carbocycles. The molecule has 25 heavy (non-hydrogen) atoms. The van der Waals surface area contributed by atoms with E-state index in [1.807, 2.05) is 18.2 Å². The van der Waals surface area contributed by atoms with Crippen LogP contribution in [0.25, 0.3) is 0 Å². The molecule has 5 nitrogen and oxygen atoms in total. The van der Waals surface area contributed by atoms with E-state index in [0.29, 0.717) is 17.9 Å². The van der Waals surface area contributed by atoms with Crippen molar-refractivity contribution in [3.8, 4) is 5.75 Å². The summed E-state index contributed by atoms with van der Waals surface area (Å²) in [5.74, 6) is 0.502. The minimum absolute atomic E-state index is 0.0977. The second-order valence-corrected chi connectivity index (χ2v) is 6.28. The first-order chi connectivity index (χ1) is 12.3. The molecule has 2 aromatic rings. The zero-order chi connectivity index (χ0) is 17.5. The summed E-state index contributed by atoms with van der Waals surface area (Å²) in [5, 5.41) is 6.50. The molecule has 0 radical (unpaired) electrons. The molecule has 0 unspecified atom stereocenters. The Morgan fingerprint density at radius 1 is 1.20 bits per heavy atom. The van der Waals surface area contributed by atoms with E-state index in [1.165, 1.54) is 5.56 Å². The Hall–Kier alpha value is -2.37. The lowest BCUT2D eigenvalue weighted by molar-refractivity contribution is 0.0937. The van der Waals surface area contributed by atoms with Crippen LogP contribution in [0, 0.1) is 0 Å². The summed E-state index contributed by atoms with van der Waals surface area (Å²) in [6.45, 7) is 4.41. The van der Waals surface area contributed by atoms with Gasteiger partial charge in [-0.15, -0.1) is 0 Å². The molecule has 0 aromatic heterocycles. The first-order valence-corrected chi connectivity index (χ1v) is 8.67. The van der Waals surface area contributed by atoms with Crippen LogP contribution >= 0.6 is 0 Å². The van der Waals surface area contributed by atoms with E-state index >= 15 is 0 Å². The summed E-state index contributed by atoms with van der Waals surface area (Å²) < 4.78 is 5.26. The van der Waals surface area contributed by atoms with Crippen LogP contribution in [0.1, 0.15) is 15.9 Å². The molecule has 1 heterocycles. The fraction of sp³-hybridized carbons (Fsp3) is 0.350. The number of methoxy groups -OCH3 is 1. The van der Waals surface area contributed by atoms with Gasteiger partial charge in [0.2, 0.25) is 0 Å². The maximum absolute atomic E-state index is 12.4. The third-order valence-electron chi connectivity index (χ3n) is 4.45. The zero-order valence-electron chi connectivity index (χ0n) is 14.6. The van der Waals surface area contributed by atoms with Crippen molar-refractivity contribution in [2.45, 2.75) is 12.6 Å². The van der Waals surface area contributed by atoms with Crippen molar-refractivity contribution in [1.29, 1.82) is 0 Å². The molecule has 0 bridgehead atoms. The fourth-order valence-electron chi connectivity index (χ4n) is 3.16. The van der Waals surface area contributed by atoms with Crippen LogP contribution in [-0.2, 0) is 6.54 Å². The van der Waals surface area contributed by atoms with Crippen LogP contribution in [-0.4, -0.2) is 50.1 Å². The molecular weight excluding hydrogens is 314 g/mol. The molecule has 5 heteroatoms. The average Bonchev–Trinajstić information content (AvgIpc) is 2.67. The summed E-state index contributed by atoms with van der Waals surface area (Å²) >= 11 is 0. The Morgan fingerprint density at radius 3 is 2.76 bits per heavy atom. The summed E-state index contributed by atoms with van der Waals surface area (Å²) in [4.78, 5) is 14.8. The highest BCUT2D eigenvalue weighted by Crippen LogP contribution is 2.16. The summed E-state index contributed by atoms with van der Waals surface area (Å²) in [6, 6.07) is 18.0. The van der Waals surface area contributed by atoms with Gasteiger partial charge in [-0.3, -0.25) is 9.69 Å².